The molecule has 12 aromatic rings. The van der Waals surface area contributed by atoms with Crippen molar-refractivity contribution in [2.24, 2.45) is 0 Å². The number of aryl methyl sites for hydroxylation is 7. The number of furan rings is 1. The van der Waals surface area contributed by atoms with Crippen LogP contribution >= 0.6 is 0 Å². The van der Waals surface area contributed by atoms with E-state index >= 15 is 0 Å². The summed E-state index contributed by atoms with van der Waals surface area (Å²) in [6.45, 7) is 14.7. The van der Waals surface area contributed by atoms with Gasteiger partial charge in [-0.05, 0) is 174 Å². The lowest BCUT2D eigenvalue weighted by Crippen LogP contribution is -2.59. The average molecular weight is 1040 g/mol. The van der Waals surface area contributed by atoms with Gasteiger partial charge in [0.25, 0.3) is 6.71 Å². The molecule has 0 aliphatic carbocycles. The predicted octanol–water partition coefficient (Wildman–Crippen LogP) is 18.6. The van der Waals surface area contributed by atoms with Crippen LogP contribution in [0, 0.1) is 48.5 Å². The molecule has 0 unspecified atom stereocenters. The number of hydrogen-bond donors (Lipinski definition) is 0. The average Bonchev–Trinajstić information content (AvgIpc) is 4.05. The minimum Gasteiger partial charge on any atom is -0.458 e. The molecule has 386 valence electrons. The van der Waals surface area contributed by atoms with Gasteiger partial charge >= 0.3 is 0 Å². The van der Waals surface area contributed by atoms with Gasteiger partial charge in [0.15, 0.2) is 0 Å². The largest absolute Gasteiger partial charge is 0.458 e. The lowest BCUT2D eigenvalue weighted by Gasteiger charge is -2.42. The van der Waals surface area contributed by atoms with Crippen molar-refractivity contribution in [1.29, 1.82) is 0 Å². The second kappa shape index (κ2) is 19.3. The summed E-state index contributed by atoms with van der Waals surface area (Å²) >= 11 is 0. The third-order valence-corrected chi connectivity index (χ3v) is 16.1. The number of fused-ring (bicyclic) bond motifs is 8. The zero-order valence-corrected chi connectivity index (χ0v) is 46.1. The van der Waals surface area contributed by atoms with Crippen LogP contribution in [0.15, 0.2) is 235 Å². The van der Waals surface area contributed by atoms with Crippen molar-refractivity contribution in [3.8, 4) is 11.5 Å². The molecule has 0 fully saturated rings. The fourth-order valence-electron chi connectivity index (χ4n) is 12.0. The summed E-state index contributed by atoms with van der Waals surface area (Å²) in [7, 11) is 0. The number of nitrogens with zero attached hydrogens (tertiary/aromatic N) is 4. The molecule has 1 aromatic heterocycles. The molecule has 0 saturated heterocycles. The normalized spacial score (nSPS) is 12.2. The van der Waals surface area contributed by atoms with Gasteiger partial charge in [-0.3, -0.25) is 0 Å². The topological polar surface area (TPSA) is 35.3 Å². The zero-order chi connectivity index (χ0) is 54.3. The third-order valence-electron chi connectivity index (χ3n) is 16.1. The van der Waals surface area contributed by atoms with Crippen LogP contribution < -0.4 is 40.7 Å². The van der Waals surface area contributed by atoms with Gasteiger partial charge in [-0.2, -0.15) is 0 Å². The fraction of sp³-hybridized carbons (Fsp3) is 0.0959. The molecule has 11 aromatic carbocycles. The Morgan fingerprint density at radius 1 is 0.350 bits per heavy atom. The minimum absolute atomic E-state index is 0.313. The van der Waals surface area contributed by atoms with E-state index in [0.29, 0.717) is 0 Å². The highest BCUT2D eigenvalue weighted by molar-refractivity contribution is 7.00. The molecule has 2 aliphatic rings. The molecule has 7 heteroatoms. The third kappa shape index (κ3) is 8.36. The molecule has 0 atom stereocenters. The van der Waals surface area contributed by atoms with Crippen LogP contribution in [-0.2, 0) is 0 Å². The molecule has 0 radical (unpaired) electrons. The molecule has 14 rings (SSSR count). The van der Waals surface area contributed by atoms with Gasteiger partial charge in [0.1, 0.15) is 22.7 Å². The van der Waals surface area contributed by atoms with E-state index in [-0.39, 0.29) is 6.71 Å². The van der Waals surface area contributed by atoms with E-state index in [1.807, 2.05) is 0 Å². The highest BCUT2D eigenvalue weighted by atomic mass is 16.5. The molecule has 80 heavy (non-hydrogen) atoms. The van der Waals surface area contributed by atoms with E-state index in [2.05, 4.69) is 299 Å². The molecule has 6 nitrogen and oxygen atoms in total. The second-order valence-electron chi connectivity index (χ2n) is 22.0. The van der Waals surface area contributed by atoms with Gasteiger partial charge in [-0.15, -0.1) is 0 Å². The summed E-state index contributed by atoms with van der Waals surface area (Å²) in [5.74, 6) is 1.57. The highest BCUT2D eigenvalue weighted by Gasteiger charge is 2.46. The molecule has 0 spiro atoms. The van der Waals surface area contributed by atoms with Crippen LogP contribution in [0.3, 0.4) is 0 Å². The first-order chi connectivity index (χ1) is 39.0. The number of hydrogen-bond acceptors (Lipinski definition) is 6. The van der Waals surface area contributed by atoms with Gasteiger partial charge in [0, 0.05) is 74.4 Å². The maximum Gasteiger partial charge on any atom is 0.261 e. The number of anilines is 12. The van der Waals surface area contributed by atoms with Gasteiger partial charge < -0.3 is 28.8 Å². The van der Waals surface area contributed by atoms with Crippen molar-refractivity contribution in [3.63, 3.8) is 0 Å². The molecular formula is C73H59BN4O2. The number of benzene rings is 11. The summed E-state index contributed by atoms with van der Waals surface area (Å²) in [6, 6.07) is 84.4. The minimum atomic E-state index is -0.313. The molecule has 0 amide bonds. The Balaban J connectivity index is 1.10. The monoisotopic (exact) mass is 1030 g/mol. The lowest BCUT2D eigenvalue weighted by molar-refractivity contribution is 0.488. The maximum absolute atomic E-state index is 7.59. The van der Waals surface area contributed by atoms with E-state index < -0.39 is 0 Å². The molecule has 0 saturated carbocycles. The highest BCUT2D eigenvalue weighted by Crippen LogP contribution is 2.51. The van der Waals surface area contributed by atoms with Crippen LogP contribution in [-0.4, -0.2) is 6.71 Å². The van der Waals surface area contributed by atoms with Gasteiger partial charge in [0.2, 0.25) is 0 Å². The summed E-state index contributed by atoms with van der Waals surface area (Å²) in [5.41, 5.74) is 25.6. The summed E-state index contributed by atoms with van der Waals surface area (Å²) < 4.78 is 15.1. The Hall–Kier alpha value is -9.72. The van der Waals surface area contributed by atoms with Crippen molar-refractivity contribution in [3.05, 3.63) is 269 Å². The molecular weight excluding hydrogens is 976 g/mol. The van der Waals surface area contributed by atoms with Gasteiger partial charge in [0.05, 0.1) is 16.8 Å². The van der Waals surface area contributed by atoms with E-state index in [0.717, 1.165) is 118 Å². The van der Waals surface area contributed by atoms with E-state index in [9.17, 15) is 0 Å². The number of ether oxygens (including phenoxy) is 1. The number of rotatable bonds is 10. The van der Waals surface area contributed by atoms with Crippen molar-refractivity contribution < 1.29 is 9.15 Å². The van der Waals surface area contributed by atoms with Gasteiger partial charge in [-0.1, -0.05) is 148 Å². The van der Waals surface area contributed by atoms with Crippen LogP contribution in [0.25, 0.3) is 21.9 Å². The molecule has 0 bridgehead atoms. The smallest absolute Gasteiger partial charge is 0.261 e. The summed E-state index contributed by atoms with van der Waals surface area (Å²) in [4.78, 5) is 9.58. The maximum atomic E-state index is 7.59. The van der Waals surface area contributed by atoms with E-state index in [1.165, 1.54) is 38.9 Å². The summed E-state index contributed by atoms with van der Waals surface area (Å²) in [6.07, 6.45) is 0. The Morgan fingerprint density at radius 2 is 0.750 bits per heavy atom. The number of para-hydroxylation sites is 1. The van der Waals surface area contributed by atoms with Crippen molar-refractivity contribution >= 4 is 113 Å². The van der Waals surface area contributed by atoms with Crippen molar-refractivity contribution in [1.82, 2.24) is 0 Å². The predicted molar refractivity (Wildman–Crippen MR) is 337 cm³/mol. The molecule has 3 heterocycles. The van der Waals surface area contributed by atoms with E-state index in [4.69, 9.17) is 9.15 Å². The Bertz CT molecular complexity index is 4190. The van der Waals surface area contributed by atoms with Crippen LogP contribution in [0.4, 0.5) is 68.2 Å². The van der Waals surface area contributed by atoms with Crippen molar-refractivity contribution in [2.45, 2.75) is 48.5 Å². The Labute approximate surface area is 469 Å². The van der Waals surface area contributed by atoms with Crippen molar-refractivity contribution in [2.75, 3.05) is 19.6 Å². The molecule has 0 N–H and O–H groups in total. The van der Waals surface area contributed by atoms with Gasteiger partial charge in [-0.25, -0.2) is 0 Å². The Morgan fingerprint density at radius 3 is 1.24 bits per heavy atom. The van der Waals surface area contributed by atoms with Crippen LogP contribution in [0.2, 0.25) is 0 Å². The molecule has 2 aliphatic heterocycles. The SMILES string of the molecule is Cc1ccc(N(c2ccc(C)cc2)c2ccc3c(c2)Oc2cc(N(c4ccc(C)cc4)c4ccc(C)cc4)cc4c2B3c2c(cc(N(c3ccc(C)cc3)c3ccc(C)cc3)c3c2oc2ccccc23)N4c2ccc(C)cc2)cc1. The van der Waals surface area contributed by atoms with Crippen LogP contribution in [0.5, 0.6) is 11.5 Å². The first-order valence-corrected chi connectivity index (χ1v) is 27.7. The fourth-order valence-corrected chi connectivity index (χ4v) is 12.0. The first-order valence-electron chi connectivity index (χ1n) is 27.7. The first kappa shape index (κ1) is 48.6. The second-order valence-corrected chi connectivity index (χ2v) is 22.0. The standard InChI is InChI=1S/C73H59BN4O2/c1-46-12-26-53(27-13-46)75(54-28-14-47(2)15-29-54)60-40-41-63-68(43-60)79-69-44-61(76(55-30-16-48(3)17-31-55)56-32-18-49(4)19-33-56)42-65-71(69)74(63)72-66(78(65)59-38-24-52(7)25-39-59)45-64(70-62-10-8-9-11-67(62)80-73(70)72)77(57-34-20-50(5)21-35-57)58-36-22-51(6)23-37-58/h8-45H,1-7H3. The zero-order valence-electron chi connectivity index (χ0n) is 46.1. The Kier molecular flexibility index (Phi) is 11.8. The van der Waals surface area contributed by atoms with Crippen LogP contribution in [0.1, 0.15) is 38.9 Å². The lowest BCUT2D eigenvalue weighted by atomic mass is 9.34. The quantitative estimate of drug-likeness (QED) is 0.127. The summed E-state index contributed by atoms with van der Waals surface area (Å²) in [5, 5.41) is 2.10. The van der Waals surface area contributed by atoms with E-state index in [1.54, 1.807) is 0 Å².